The van der Waals surface area contributed by atoms with Crippen molar-refractivity contribution >= 4 is 10.8 Å². The lowest BCUT2D eigenvalue weighted by atomic mass is 10.2. The van der Waals surface area contributed by atoms with Crippen LogP contribution in [0.4, 0.5) is 0 Å². The van der Waals surface area contributed by atoms with Crippen LogP contribution >= 0.6 is 0 Å². The Balaban J connectivity index is 2.11. The van der Waals surface area contributed by atoms with Gasteiger partial charge in [-0.25, -0.2) is 0 Å². The van der Waals surface area contributed by atoms with Gasteiger partial charge in [0.05, 0.1) is 23.1 Å². The van der Waals surface area contributed by atoms with Crippen molar-refractivity contribution in [2.45, 2.75) is 31.0 Å². The van der Waals surface area contributed by atoms with E-state index in [1.54, 1.807) is 0 Å². The largest absolute Gasteiger partial charge is 0.464 e. The zero-order valence-corrected chi connectivity index (χ0v) is 12.3. The van der Waals surface area contributed by atoms with Crippen molar-refractivity contribution in [2.24, 2.45) is 0 Å². The Morgan fingerprint density at radius 2 is 1.89 bits per heavy atom. The first-order chi connectivity index (χ1) is 9.10. The zero-order chi connectivity index (χ0) is 13.8. The fraction of sp³-hybridized carbons (Fsp3) is 0.333. The summed E-state index contributed by atoms with van der Waals surface area (Å²) < 4.78 is 18.0. The molecule has 0 aliphatic heterocycles. The maximum absolute atomic E-state index is 12.3. The van der Waals surface area contributed by atoms with Crippen LogP contribution in [0.25, 0.3) is 0 Å². The van der Waals surface area contributed by atoms with Crippen molar-refractivity contribution in [3.05, 3.63) is 53.0 Å². The normalized spacial score (nSPS) is 12.6. The van der Waals surface area contributed by atoms with Crippen LogP contribution in [0, 0.1) is 13.8 Å². The Bertz CT molecular complexity index is 590. The van der Waals surface area contributed by atoms with E-state index >= 15 is 0 Å². The van der Waals surface area contributed by atoms with Gasteiger partial charge < -0.3 is 9.73 Å². The third-order valence-corrected chi connectivity index (χ3v) is 4.41. The molecule has 1 heterocycles. The van der Waals surface area contributed by atoms with E-state index in [0.717, 1.165) is 22.0 Å². The number of nitrogens with one attached hydrogen (secondary N) is 1. The second-order valence-corrected chi connectivity index (χ2v) is 6.08. The fourth-order valence-corrected chi connectivity index (χ4v) is 3.24. The molecule has 1 aromatic carbocycles. The summed E-state index contributed by atoms with van der Waals surface area (Å²) in [6.45, 7) is 4.72. The number of rotatable bonds is 5. The van der Waals surface area contributed by atoms with E-state index in [1.165, 1.54) is 5.56 Å². The van der Waals surface area contributed by atoms with Gasteiger partial charge in [0, 0.05) is 4.90 Å². The monoisotopic (exact) mass is 277 g/mol. The van der Waals surface area contributed by atoms with Crippen molar-refractivity contribution in [2.75, 3.05) is 7.05 Å². The molecule has 1 atom stereocenters. The van der Waals surface area contributed by atoms with Gasteiger partial charge in [-0.05, 0) is 44.7 Å². The van der Waals surface area contributed by atoms with Crippen LogP contribution in [0.2, 0.25) is 0 Å². The van der Waals surface area contributed by atoms with Gasteiger partial charge in [0.1, 0.15) is 11.5 Å². The van der Waals surface area contributed by atoms with E-state index in [1.807, 2.05) is 45.2 Å². The highest BCUT2D eigenvalue weighted by Gasteiger charge is 2.11. The second-order valence-electron chi connectivity index (χ2n) is 4.66. The molecule has 1 unspecified atom stereocenters. The lowest BCUT2D eigenvalue weighted by Gasteiger charge is -2.05. The predicted molar refractivity (Wildman–Crippen MR) is 77.5 cm³/mol. The molecule has 0 spiro atoms. The molecule has 0 aliphatic carbocycles. The average molecular weight is 277 g/mol. The van der Waals surface area contributed by atoms with Gasteiger partial charge in [-0.1, -0.05) is 17.7 Å². The van der Waals surface area contributed by atoms with Crippen molar-refractivity contribution in [1.29, 1.82) is 0 Å². The zero-order valence-electron chi connectivity index (χ0n) is 11.5. The van der Waals surface area contributed by atoms with Crippen LogP contribution in [0.1, 0.15) is 22.6 Å². The molecule has 2 rings (SSSR count). The summed E-state index contributed by atoms with van der Waals surface area (Å²) in [6.07, 6.45) is 0. The Hall–Kier alpha value is -1.39. The topological polar surface area (TPSA) is 42.2 Å². The summed E-state index contributed by atoms with van der Waals surface area (Å²) in [4.78, 5) is 0.886. The van der Waals surface area contributed by atoms with Crippen molar-refractivity contribution in [3.63, 3.8) is 0 Å². The van der Waals surface area contributed by atoms with E-state index in [4.69, 9.17) is 4.42 Å². The molecule has 0 saturated carbocycles. The second kappa shape index (κ2) is 6.17. The predicted octanol–water partition coefficient (Wildman–Crippen LogP) is 2.92. The molecule has 3 nitrogen and oxygen atoms in total. The fourth-order valence-electron chi connectivity index (χ4n) is 2.03. The van der Waals surface area contributed by atoms with Crippen LogP contribution in [0.3, 0.4) is 0 Å². The molecule has 2 aromatic rings. The van der Waals surface area contributed by atoms with E-state index in [9.17, 15) is 4.21 Å². The molecule has 1 N–H and O–H groups in total. The van der Waals surface area contributed by atoms with Gasteiger partial charge >= 0.3 is 0 Å². The van der Waals surface area contributed by atoms with Gasteiger partial charge in [-0.2, -0.15) is 0 Å². The number of aryl methyl sites for hydroxylation is 2. The summed E-state index contributed by atoms with van der Waals surface area (Å²) in [7, 11) is 0.812. The Morgan fingerprint density at radius 3 is 2.58 bits per heavy atom. The molecule has 0 amide bonds. The number of hydrogen-bond donors (Lipinski definition) is 1. The molecule has 0 saturated heterocycles. The standard InChI is InChI=1S/C15H19NO2S/c1-11-4-7-15(12(2)8-11)19(17)10-14-6-5-13(18-14)9-16-3/h4-8,16H,9-10H2,1-3H3. The third-order valence-electron chi connectivity index (χ3n) is 2.92. The summed E-state index contributed by atoms with van der Waals surface area (Å²) in [5, 5.41) is 3.03. The molecule has 1 aromatic heterocycles. The summed E-state index contributed by atoms with van der Waals surface area (Å²) in [5.74, 6) is 2.06. The first-order valence-electron chi connectivity index (χ1n) is 6.28. The van der Waals surface area contributed by atoms with E-state index < -0.39 is 10.8 Å². The molecule has 0 fully saturated rings. The molecular weight excluding hydrogens is 258 g/mol. The summed E-state index contributed by atoms with van der Waals surface area (Å²) >= 11 is 0. The van der Waals surface area contributed by atoms with Crippen LogP contribution in [0.5, 0.6) is 0 Å². The van der Waals surface area contributed by atoms with Crippen molar-refractivity contribution in [3.8, 4) is 0 Å². The molecule has 0 radical (unpaired) electrons. The maximum atomic E-state index is 12.3. The van der Waals surface area contributed by atoms with Gasteiger partial charge in [0.2, 0.25) is 0 Å². The SMILES string of the molecule is CNCc1ccc(CS(=O)c2ccc(C)cc2C)o1. The highest BCUT2D eigenvalue weighted by molar-refractivity contribution is 7.84. The first kappa shape index (κ1) is 14.0. The van der Waals surface area contributed by atoms with Crippen LogP contribution in [-0.4, -0.2) is 11.3 Å². The van der Waals surface area contributed by atoms with E-state index in [0.29, 0.717) is 12.3 Å². The molecule has 102 valence electrons. The minimum Gasteiger partial charge on any atom is -0.464 e. The molecular formula is C15H19NO2S. The first-order valence-corrected chi connectivity index (χ1v) is 7.60. The quantitative estimate of drug-likeness (QED) is 0.913. The van der Waals surface area contributed by atoms with Crippen molar-refractivity contribution in [1.82, 2.24) is 5.32 Å². The van der Waals surface area contributed by atoms with Gasteiger partial charge in [-0.15, -0.1) is 0 Å². The lowest BCUT2D eigenvalue weighted by molar-refractivity contribution is 0.467. The van der Waals surface area contributed by atoms with Crippen LogP contribution in [0.15, 0.2) is 39.6 Å². The van der Waals surface area contributed by atoms with Gasteiger partial charge in [0.15, 0.2) is 0 Å². The summed E-state index contributed by atoms with van der Waals surface area (Å²) in [6, 6.07) is 9.81. The van der Waals surface area contributed by atoms with Gasteiger partial charge in [-0.3, -0.25) is 4.21 Å². The number of hydrogen-bond acceptors (Lipinski definition) is 3. The Morgan fingerprint density at radius 1 is 1.16 bits per heavy atom. The molecule has 4 heteroatoms. The van der Waals surface area contributed by atoms with Crippen LogP contribution in [-0.2, 0) is 23.1 Å². The molecule has 19 heavy (non-hydrogen) atoms. The molecule has 0 bridgehead atoms. The average Bonchev–Trinajstić information content (AvgIpc) is 2.76. The maximum Gasteiger partial charge on any atom is 0.117 e. The summed E-state index contributed by atoms with van der Waals surface area (Å²) in [5.41, 5.74) is 2.26. The minimum absolute atomic E-state index is 0.424. The van der Waals surface area contributed by atoms with Crippen LogP contribution < -0.4 is 5.32 Å². The Kier molecular flexibility index (Phi) is 4.56. The van der Waals surface area contributed by atoms with E-state index in [2.05, 4.69) is 11.4 Å². The van der Waals surface area contributed by atoms with E-state index in [-0.39, 0.29) is 0 Å². The third kappa shape index (κ3) is 3.55. The highest BCUT2D eigenvalue weighted by atomic mass is 32.2. The smallest absolute Gasteiger partial charge is 0.117 e. The minimum atomic E-state index is -1.06. The van der Waals surface area contributed by atoms with Gasteiger partial charge in [0.25, 0.3) is 0 Å². The number of furan rings is 1. The highest BCUT2D eigenvalue weighted by Crippen LogP contribution is 2.19. The Labute approximate surface area is 116 Å². The lowest BCUT2D eigenvalue weighted by Crippen LogP contribution is -2.03. The number of benzene rings is 1. The molecule has 0 aliphatic rings. The van der Waals surface area contributed by atoms with Crippen molar-refractivity contribution < 1.29 is 8.63 Å².